The molecule has 58 heavy (non-hydrogen) atoms. The van der Waals surface area contributed by atoms with Crippen molar-refractivity contribution in [3.05, 3.63) is 205 Å². The molecule has 2 aromatic heterocycles. The molecule has 0 atom stereocenters. The van der Waals surface area contributed by atoms with Crippen LogP contribution in [0, 0.1) is 0 Å². The molecule has 0 fully saturated rings. The number of hydrogen-bond acceptors (Lipinski definition) is 3. The Morgan fingerprint density at radius 3 is 1.52 bits per heavy atom. The van der Waals surface area contributed by atoms with E-state index in [1.807, 2.05) is 6.07 Å². The van der Waals surface area contributed by atoms with Gasteiger partial charge in [0.1, 0.15) is 0 Å². The SMILES string of the molecule is CC1(C)c2ccccc2-c2cc(-c3nc(-c4ccc(-c5ccccc5)cc4)nc(-c4ccc(-c5ccccc5)cc4-n4c5ccccc5c5ccccc54)n3)ccc21. The van der Waals surface area contributed by atoms with Gasteiger partial charge in [-0.25, -0.2) is 15.0 Å². The lowest BCUT2D eigenvalue weighted by atomic mass is 9.82. The maximum Gasteiger partial charge on any atom is 0.166 e. The average molecular weight is 743 g/mol. The van der Waals surface area contributed by atoms with Crippen LogP contribution in [0.5, 0.6) is 0 Å². The van der Waals surface area contributed by atoms with Crippen LogP contribution in [0.25, 0.3) is 95.0 Å². The first-order valence-electron chi connectivity index (χ1n) is 19.9. The average Bonchev–Trinajstić information content (AvgIpc) is 3.74. The van der Waals surface area contributed by atoms with Gasteiger partial charge in [0.15, 0.2) is 17.5 Å². The number of rotatable bonds is 6. The Hall–Kier alpha value is -7.43. The summed E-state index contributed by atoms with van der Waals surface area (Å²) in [4.78, 5) is 16.0. The van der Waals surface area contributed by atoms with E-state index in [4.69, 9.17) is 15.0 Å². The molecule has 1 aliphatic rings. The number of nitrogens with zero attached hydrogens (tertiary/aromatic N) is 4. The Bertz CT molecular complexity index is 3130. The van der Waals surface area contributed by atoms with Crippen molar-refractivity contribution >= 4 is 21.8 Å². The Kier molecular flexibility index (Phi) is 7.80. The van der Waals surface area contributed by atoms with E-state index >= 15 is 0 Å². The van der Waals surface area contributed by atoms with E-state index in [9.17, 15) is 0 Å². The summed E-state index contributed by atoms with van der Waals surface area (Å²) in [5.41, 5.74) is 15.7. The molecule has 274 valence electrons. The number of benzene rings is 8. The van der Waals surface area contributed by atoms with E-state index in [1.54, 1.807) is 0 Å². The highest BCUT2D eigenvalue weighted by Gasteiger charge is 2.35. The molecule has 0 radical (unpaired) electrons. The molecule has 0 saturated heterocycles. The summed E-state index contributed by atoms with van der Waals surface area (Å²) in [5, 5.41) is 2.40. The Balaban J connectivity index is 1.16. The highest BCUT2D eigenvalue weighted by molar-refractivity contribution is 6.09. The minimum atomic E-state index is -0.0991. The lowest BCUT2D eigenvalue weighted by Gasteiger charge is -2.21. The molecule has 0 amide bonds. The summed E-state index contributed by atoms with van der Waals surface area (Å²) >= 11 is 0. The second-order valence-corrected chi connectivity index (χ2v) is 15.6. The predicted octanol–water partition coefficient (Wildman–Crippen LogP) is 13.6. The first-order chi connectivity index (χ1) is 28.5. The van der Waals surface area contributed by atoms with Crippen LogP contribution in [0.4, 0.5) is 0 Å². The molecule has 0 unspecified atom stereocenters. The Labute approximate surface area is 337 Å². The summed E-state index contributed by atoms with van der Waals surface area (Å²) in [6.45, 7) is 4.62. The third kappa shape index (κ3) is 5.48. The van der Waals surface area contributed by atoms with Crippen LogP contribution < -0.4 is 0 Å². The van der Waals surface area contributed by atoms with Gasteiger partial charge in [0.25, 0.3) is 0 Å². The van der Waals surface area contributed by atoms with Crippen molar-refractivity contribution in [3.8, 4) is 73.2 Å². The number of fused-ring (bicyclic) bond motifs is 6. The van der Waals surface area contributed by atoms with Crippen molar-refractivity contribution < 1.29 is 0 Å². The lowest BCUT2D eigenvalue weighted by molar-refractivity contribution is 0.660. The number of para-hydroxylation sites is 2. The summed E-state index contributed by atoms with van der Waals surface area (Å²) in [7, 11) is 0. The zero-order valence-electron chi connectivity index (χ0n) is 32.3. The molecule has 0 aliphatic heterocycles. The second-order valence-electron chi connectivity index (χ2n) is 15.6. The van der Waals surface area contributed by atoms with Crippen LogP contribution in [0.3, 0.4) is 0 Å². The smallest absolute Gasteiger partial charge is 0.166 e. The third-order valence-electron chi connectivity index (χ3n) is 11.9. The summed E-state index contributed by atoms with van der Waals surface area (Å²) < 4.78 is 2.37. The molecular formula is C54H38N4. The Morgan fingerprint density at radius 2 is 0.828 bits per heavy atom. The predicted molar refractivity (Wildman–Crippen MR) is 239 cm³/mol. The van der Waals surface area contributed by atoms with Crippen LogP contribution >= 0.6 is 0 Å². The van der Waals surface area contributed by atoms with Crippen LogP contribution in [0.2, 0.25) is 0 Å². The largest absolute Gasteiger partial charge is 0.308 e. The van der Waals surface area contributed by atoms with Crippen LogP contribution in [0.1, 0.15) is 25.0 Å². The minimum absolute atomic E-state index is 0.0991. The quantitative estimate of drug-likeness (QED) is 0.170. The molecule has 11 rings (SSSR count). The molecule has 1 aliphatic carbocycles. The van der Waals surface area contributed by atoms with E-state index < -0.39 is 0 Å². The van der Waals surface area contributed by atoms with Crippen LogP contribution in [-0.4, -0.2) is 19.5 Å². The molecule has 2 heterocycles. The van der Waals surface area contributed by atoms with Crippen molar-refractivity contribution in [2.45, 2.75) is 19.3 Å². The molecule has 10 aromatic rings. The first-order valence-corrected chi connectivity index (χ1v) is 19.9. The van der Waals surface area contributed by atoms with Gasteiger partial charge in [-0.3, -0.25) is 0 Å². The molecule has 8 aromatic carbocycles. The topological polar surface area (TPSA) is 43.6 Å². The second kappa shape index (κ2) is 13.4. The third-order valence-corrected chi connectivity index (χ3v) is 11.9. The molecule has 0 spiro atoms. The molecule has 0 bridgehead atoms. The molecule has 0 N–H and O–H groups in total. The van der Waals surface area contributed by atoms with E-state index in [1.165, 1.54) is 38.6 Å². The van der Waals surface area contributed by atoms with Gasteiger partial charge in [0.05, 0.1) is 16.7 Å². The van der Waals surface area contributed by atoms with Crippen molar-refractivity contribution in [3.63, 3.8) is 0 Å². The lowest BCUT2D eigenvalue weighted by Crippen LogP contribution is -2.14. The van der Waals surface area contributed by atoms with Crippen molar-refractivity contribution in [2.24, 2.45) is 0 Å². The number of hydrogen-bond donors (Lipinski definition) is 0. The van der Waals surface area contributed by atoms with E-state index in [0.717, 1.165) is 50.1 Å². The highest BCUT2D eigenvalue weighted by Crippen LogP contribution is 2.49. The van der Waals surface area contributed by atoms with Gasteiger partial charge in [-0.1, -0.05) is 178 Å². The van der Waals surface area contributed by atoms with E-state index in [2.05, 4.69) is 206 Å². The summed E-state index contributed by atoms with van der Waals surface area (Å²) in [6.07, 6.45) is 0. The van der Waals surface area contributed by atoms with Crippen molar-refractivity contribution in [1.29, 1.82) is 0 Å². The number of aromatic nitrogens is 4. The van der Waals surface area contributed by atoms with E-state index in [-0.39, 0.29) is 5.41 Å². The normalized spacial score (nSPS) is 12.8. The van der Waals surface area contributed by atoms with Crippen LogP contribution in [-0.2, 0) is 5.41 Å². The van der Waals surface area contributed by atoms with Gasteiger partial charge in [-0.15, -0.1) is 0 Å². The standard InChI is InChI=1S/C54H38N4/c1-54(2)46-22-12-9-19-41(46)45-33-40(30-32-47(45)54)52-55-51(38-27-25-37(26-28-38)35-15-5-3-6-16-35)56-53(57-52)44-31-29-39(36-17-7-4-8-18-36)34-50(44)58-48-23-13-10-20-42(48)43-21-11-14-24-49(43)58/h3-34H,1-2H3. The van der Waals surface area contributed by atoms with E-state index in [0.29, 0.717) is 17.5 Å². The maximum atomic E-state index is 5.38. The first kappa shape index (κ1) is 33.9. The van der Waals surface area contributed by atoms with Gasteiger partial charge in [-0.2, -0.15) is 0 Å². The fraction of sp³-hybridized carbons (Fsp3) is 0.0556. The van der Waals surface area contributed by atoms with Gasteiger partial charge < -0.3 is 4.57 Å². The van der Waals surface area contributed by atoms with Crippen molar-refractivity contribution in [2.75, 3.05) is 0 Å². The van der Waals surface area contributed by atoms with Gasteiger partial charge in [0.2, 0.25) is 0 Å². The zero-order valence-corrected chi connectivity index (χ0v) is 32.3. The fourth-order valence-electron chi connectivity index (χ4n) is 8.95. The maximum absolute atomic E-state index is 5.38. The summed E-state index contributed by atoms with van der Waals surface area (Å²) in [6, 6.07) is 69.0. The monoisotopic (exact) mass is 742 g/mol. The summed E-state index contributed by atoms with van der Waals surface area (Å²) in [5.74, 6) is 1.88. The van der Waals surface area contributed by atoms with Crippen LogP contribution in [0.15, 0.2) is 194 Å². The molecule has 0 saturated carbocycles. The molecule has 4 nitrogen and oxygen atoms in total. The highest BCUT2D eigenvalue weighted by atomic mass is 15.1. The van der Waals surface area contributed by atoms with Gasteiger partial charge in [-0.05, 0) is 74.8 Å². The zero-order chi connectivity index (χ0) is 38.8. The van der Waals surface area contributed by atoms with Crippen molar-refractivity contribution in [1.82, 2.24) is 19.5 Å². The molecule has 4 heteroatoms. The van der Waals surface area contributed by atoms with Gasteiger partial charge >= 0.3 is 0 Å². The minimum Gasteiger partial charge on any atom is -0.308 e. The Morgan fingerprint density at radius 1 is 0.345 bits per heavy atom. The van der Waals surface area contributed by atoms with Gasteiger partial charge in [0, 0.05) is 32.9 Å². The fourth-order valence-corrected chi connectivity index (χ4v) is 8.95. The molecular weight excluding hydrogens is 705 g/mol.